The van der Waals surface area contributed by atoms with Crippen molar-refractivity contribution in [2.75, 3.05) is 26.0 Å². The van der Waals surface area contributed by atoms with Crippen molar-refractivity contribution in [3.05, 3.63) is 36.2 Å². The van der Waals surface area contributed by atoms with E-state index >= 15 is 0 Å². The van der Waals surface area contributed by atoms with E-state index in [0.717, 1.165) is 11.0 Å². The number of nitrogen functional groups attached to an aromatic ring is 1. The average Bonchev–Trinajstić information content (AvgIpc) is 2.87. The number of nitrogens with zero attached hydrogens (tertiary/aromatic N) is 3. The Hall–Kier alpha value is -2.67. The van der Waals surface area contributed by atoms with Gasteiger partial charge >= 0.3 is 0 Å². The summed E-state index contributed by atoms with van der Waals surface area (Å²) >= 11 is 0. The third-order valence-electron chi connectivity index (χ3n) is 3.14. The molecule has 3 N–H and O–H groups in total. The molecule has 2 heterocycles. The van der Waals surface area contributed by atoms with E-state index in [-0.39, 0.29) is 17.4 Å². The van der Waals surface area contributed by atoms with Gasteiger partial charge in [-0.05, 0) is 12.1 Å². The van der Waals surface area contributed by atoms with Crippen LogP contribution < -0.4 is 11.1 Å². The molecule has 0 spiro atoms. The molecule has 0 atom stereocenters. The number of benzene rings is 1. The molecule has 108 valence electrons. The van der Waals surface area contributed by atoms with Gasteiger partial charge in [0, 0.05) is 19.9 Å². The van der Waals surface area contributed by atoms with E-state index in [1.165, 1.54) is 0 Å². The van der Waals surface area contributed by atoms with E-state index in [1.807, 2.05) is 24.3 Å². The summed E-state index contributed by atoms with van der Waals surface area (Å²) in [5, 5.41) is 2.72. The summed E-state index contributed by atoms with van der Waals surface area (Å²) in [4.78, 5) is 20.6. The van der Waals surface area contributed by atoms with Crippen LogP contribution >= 0.6 is 0 Å². The van der Waals surface area contributed by atoms with Gasteiger partial charge < -0.3 is 15.8 Å². The minimum Gasteiger partial charge on any atom is -0.383 e. The number of imidazole rings is 1. The smallest absolute Gasteiger partial charge is 0.271 e. The standard InChI is InChI=1S/C14H15N5O2/c1-21-7-6-16-14(20)10-8-19-11-5-3-2-4-9(11)18-13(19)12(15)17-10/h2-5,8H,6-7H2,1H3,(H2,15,17)(H,16,20). The zero-order chi connectivity index (χ0) is 14.8. The molecule has 0 fully saturated rings. The van der Waals surface area contributed by atoms with Crippen LogP contribution in [-0.4, -0.2) is 40.5 Å². The lowest BCUT2D eigenvalue weighted by molar-refractivity contribution is 0.0932. The molecule has 7 nitrogen and oxygen atoms in total. The van der Waals surface area contributed by atoms with Crippen LogP contribution in [0.1, 0.15) is 10.5 Å². The van der Waals surface area contributed by atoms with E-state index in [9.17, 15) is 4.79 Å². The number of methoxy groups -OCH3 is 1. The molecule has 0 saturated heterocycles. The second-order valence-electron chi connectivity index (χ2n) is 4.55. The van der Waals surface area contributed by atoms with Crippen LogP contribution in [-0.2, 0) is 4.74 Å². The number of hydrogen-bond donors (Lipinski definition) is 2. The van der Waals surface area contributed by atoms with E-state index in [1.54, 1.807) is 17.7 Å². The highest BCUT2D eigenvalue weighted by molar-refractivity contribution is 5.94. The molecule has 0 radical (unpaired) electrons. The number of nitrogens with one attached hydrogen (secondary N) is 1. The fraction of sp³-hybridized carbons (Fsp3) is 0.214. The molecule has 3 aromatic rings. The summed E-state index contributed by atoms with van der Waals surface area (Å²) in [5.41, 5.74) is 8.40. The molecule has 21 heavy (non-hydrogen) atoms. The molecule has 1 aromatic carbocycles. The molecule has 2 aromatic heterocycles. The molecule has 0 aliphatic rings. The van der Waals surface area contributed by atoms with Crippen molar-refractivity contribution in [1.82, 2.24) is 19.7 Å². The molecule has 0 aliphatic carbocycles. The molecule has 7 heteroatoms. The van der Waals surface area contributed by atoms with Gasteiger partial charge in [-0.15, -0.1) is 0 Å². The van der Waals surface area contributed by atoms with Crippen LogP contribution in [0.4, 0.5) is 5.82 Å². The first-order valence-corrected chi connectivity index (χ1v) is 6.51. The molecule has 0 bridgehead atoms. The number of anilines is 1. The van der Waals surface area contributed by atoms with Crippen molar-refractivity contribution in [2.45, 2.75) is 0 Å². The second-order valence-corrected chi connectivity index (χ2v) is 4.55. The highest BCUT2D eigenvalue weighted by Gasteiger charge is 2.13. The summed E-state index contributed by atoms with van der Waals surface area (Å²) in [6.45, 7) is 0.858. The Kier molecular flexibility index (Phi) is 3.41. The van der Waals surface area contributed by atoms with Gasteiger partial charge in [0.05, 0.1) is 17.6 Å². The average molecular weight is 285 g/mol. The van der Waals surface area contributed by atoms with Gasteiger partial charge in [-0.3, -0.25) is 9.20 Å². The van der Waals surface area contributed by atoms with Gasteiger partial charge in [0.25, 0.3) is 5.91 Å². The van der Waals surface area contributed by atoms with Crippen molar-refractivity contribution >= 4 is 28.4 Å². The quantitative estimate of drug-likeness (QED) is 0.693. The third-order valence-corrected chi connectivity index (χ3v) is 3.14. The molecule has 3 rings (SSSR count). The summed E-state index contributed by atoms with van der Waals surface area (Å²) in [6, 6.07) is 7.61. The predicted molar refractivity (Wildman–Crippen MR) is 79.1 cm³/mol. The van der Waals surface area contributed by atoms with Crippen LogP contribution in [0.25, 0.3) is 16.7 Å². The van der Waals surface area contributed by atoms with Crippen LogP contribution in [0.15, 0.2) is 30.5 Å². The lowest BCUT2D eigenvalue weighted by atomic mass is 10.3. The van der Waals surface area contributed by atoms with E-state index in [0.29, 0.717) is 18.8 Å². The Morgan fingerprint density at radius 1 is 1.38 bits per heavy atom. The van der Waals surface area contributed by atoms with Gasteiger partial charge in [-0.2, -0.15) is 0 Å². The van der Waals surface area contributed by atoms with Gasteiger partial charge in [0.15, 0.2) is 11.5 Å². The molecular formula is C14H15N5O2. The van der Waals surface area contributed by atoms with Crippen LogP contribution in [0.2, 0.25) is 0 Å². The van der Waals surface area contributed by atoms with Gasteiger partial charge in [0.2, 0.25) is 0 Å². The first kappa shape index (κ1) is 13.3. The fourth-order valence-corrected chi connectivity index (χ4v) is 2.15. The lowest BCUT2D eigenvalue weighted by Crippen LogP contribution is -2.28. The van der Waals surface area contributed by atoms with Gasteiger partial charge in [-0.25, -0.2) is 9.97 Å². The van der Waals surface area contributed by atoms with Crippen LogP contribution in [0.5, 0.6) is 0 Å². The SMILES string of the molecule is COCCNC(=O)c1cn2c(nc3ccccc32)c(N)n1. The number of fused-ring (bicyclic) bond motifs is 3. The van der Waals surface area contributed by atoms with E-state index < -0.39 is 0 Å². The summed E-state index contributed by atoms with van der Waals surface area (Å²) in [5.74, 6) is -0.0657. The number of para-hydroxylation sites is 2. The van der Waals surface area contributed by atoms with Gasteiger partial charge in [0.1, 0.15) is 5.69 Å². The number of rotatable bonds is 4. The molecule has 1 amide bonds. The summed E-state index contributed by atoms with van der Waals surface area (Å²) in [7, 11) is 1.58. The maximum absolute atomic E-state index is 12.1. The number of carbonyl (C=O) groups is 1. The number of amides is 1. The van der Waals surface area contributed by atoms with Crippen molar-refractivity contribution in [1.29, 1.82) is 0 Å². The number of ether oxygens (including phenoxy) is 1. The van der Waals surface area contributed by atoms with Crippen molar-refractivity contribution in [3.8, 4) is 0 Å². The largest absolute Gasteiger partial charge is 0.383 e. The molecule has 0 saturated carbocycles. The fourth-order valence-electron chi connectivity index (χ4n) is 2.15. The number of hydrogen-bond acceptors (Lipinski definition) is 5. The summed E-state index contributed by atoms with van der Waals surface area (Å²) in [6.07, 6.45) is 1.64. The van der Waals surface area contributed by atoms with Crippen molar-refractivity contribution in [3.63, 3.8) is 0 Å². The molecular weight excluding hydrogens is 270 g/mol. The minimum atomic E-state index is -0.293. The Labute approximate surface area is 120 Å². The van der Waals surface area contributed by atoms with Crippen LogP contribution in [0, 0.1) is 0 Å². The maximum atomic E-state index is 12.1. The Morgan fingerprint density at radius 2 is 2.19 bits per heavy atom. The first-order valence-electron chi connectivity index (χ1n) is 6.51. The Bertz CT molecular complexity index is 812. The Morgan fingerprint density at radius 3 is 3.00 bits per heavy atom. The highest BCUT2D eigenvalue weighted by atomic mass is 16.5. The zero-order valence-corrected chi connectivity index (χ0v) is 11.5. The zero-order valence-electron chi connectivity index (χ0n) is 11.5. The van der Waals surface area contributed by atoms with Gasteiger partial charge in [-0.1, -0.05) is 12.1 Å². The highest BCUT2D eigenvalue weighted by Crippen LogP contribution is 2.19. The lowest BCUT2D eigenvalue weighted by Gasteiger charge is -2.06. The number of aromatic nitrogens is 3. The first-order chi connectivity index (χ1) is 10.2. The van der Waals surface area contributed by atoms with Crippen LogP contribution in [0.3, 0.4) is 0 Å². The second kappa shape index (κ2) is 5.37. The van der Waals surface area contributed by atoms with E-state index in [2.05, 4.69) is 15.3 Å². The van der Waals surface area contributed by atoms with Crippen molar-refractivity contribution < 1.29 is 9.53 Å². The van der Waals surface area contributed by atoms with Crippen molar-refractivity contribution in [2.24, 2.45) is 0 Å². The Balaban J connectivity index is 2.05. The normalized spacial score (nSPS) is 11.1. The molecule has 0 aliphatic heterocycles. The summed E-state index contributed by atoms with van der Waals surface area (Å²) < 4.78 is 6.67. The molecule has 0 unspecified atom stereocenters. The predicted octanol–water partition coefficient (Wildman–Crippen LogP) is 0.841. The minimum absolute atomic E-state index is 0.227. The maximum Gasteiger partial charge on any atom is 0.271 e. The number of carbonyl (C=O) groups excluding carboxylic acids is 1. The third kappa shape index (κ3) is 2.38. The monoisotopic (exact) mass is 285 g/mol. The topological polar surface area (TPSA) is 94.5 Å². The number of nitrogens with two attached hydrogens (primary N) is 1. The van der Waals surface area contributed by atoms with E-state index in [4.69, 9.17) is 10.5 Å².